The standard InChI is InChI=1S/C18H15NO5S/c1-12-5-8-16(25-12)14(20)11-23-18(22)15-7-6-13(24-15)10-19-9-3-2-4-17(19)21/h2-9H,10-11H2,1H3. The van der Waals surface area contributed by atoms with Gasteiger partial charge < -0.3 is 13.7 Å². The van der Waals surface area contributed by atoms with Crippen molar-refractivity contribution in [3.05, 3.63) is 80.3 Å². The minimum absolute atomic E-state index is 0.00543. The zero-order chi connectivity index (χ0) is 17.8. The number of nitrogens with zero attached hydrogens (tertiary/aromatic N) is 1. The van der Waals surface area contributed by atoms with E-state index >= 15 is 0 Å². The highest BCUT2D eigenvalue weighted by Gasteiger charge is 2.16. The summed E-state index contributed by atoms with van der Waals surface area (Å²) < 4.78 is 11.9. The summed E-state index contributed by atoms with van der Waals surface area (Å²) in [5.74, 6) is -0.531. The highest BCUT2D eigenvalue weighted by molar-refractivity contribution is 7.14. The van der Waals surface area contributed by atoms with Gasteiger partial charge in [0.2, 0.25) is 11.5 Å². The van der Waals surface area contributed by atoms with Crippen LogP contribution in [-0.2, 0) is 11.3 Å². The lowest BCUT2D eigenvalue weighted by atomic mass is 10.3. The molecule has 3 aromatic heterocycles. The first kappa shape index (κ1) is 16.9. The molecule has 0 saturated heterocycles. The lowest BCUT2D eigenvalue weighted by Gasteiger charge is -2.02. The Morgan fingerprint density at radius 3 is 2.72 bits per heavy atom. The van der Waals surface area contributed by atoms with E-state index in [-0.39, 0.29) is 30.3 Å². The molecule has 0 aliphatic carbocycles. The Kier molecular flexibility index (Phi) is 4.95. The van der Waals surface area contributed by atoms with Crippen molar-refractivity contribution < 1.29 is 18.7 Å². The van der Waals surface area contributed by atoms with Crippen LogP contribution in [0.2, 0.25) is 0 Å². The fourth-order valence-corrected chi connectivity index (χ4v) is 2.98. The molecule has 0 N–H and O–H groups in total. The molecular weight excluding hydrogens is 342 g/mol. The molecule has 25 heavy (non-hydrogen) atoms. The van der Waals surface area contributed by atoms with Crippen molar-refractivity contribution in [3.8, 4) is 0 Å². The number of thiophene rings is 1. The predicted molar refractivity (Wildman–Crippen MR) is 92.2 cm³/mol. The molecule has 0 aromatic carbocycles. The number of aromatic nitrogens is 1. The Morgan fingerprint density at radius 1 is 1.16 bits per heavy atom. The first-order valence-corrected chi connectivity index (χ1v) is 8.35. The number of furan rings is 1. The highest BCUT2D eigenvalue weighted by Crippen LogP contribution is 2.16. The molecule has 3 aromatic rings. The Morgan fingerprint density at radius 2 is 2.00 bits per heavy atom. The maximum Gasteiger partial charge on any atom is 0.374 e. The fraction of sp³-hybridized carbons (Fsp3) is 0.167. The van der Waals surface area contributed by atoms with Crippen LogP contribution in [0.3, 0.4) is 0 Å². The van der Waals surface area contributed by atoms with E-state index in [1.807, 2.05) is 13.0 Å². The van der Waals surface area contributed by atoms with Gasteiger partial charge in [-0.1, -0.05) is 6.07 Å². The van der Waals surface area contributed by atoms with Crippen LogP contribution in [0, 0.1) is 6.92 Å². The van der Waals surface area contributed by atoms with Crippen LogP contribution < -0.4 is 5.56 Å². The van der Waals surface area contributed by atoms with Crippen molar-refractivity contribution in [2.45, 2.75) is 13.5 Å². The quantitative estimate of drug-likeness (QED) is 0.501. The number of aryl methyl sites for hydroxylation is 1. The van der Waals surface area contributed by atoms with Crippen molar-refractivity contribution in [3.63, 3.8) is 0 Å². The molecule has 6 nitrogen and oxygen atoms in total. The van der Waals surface area contributed by atoms with Gasteiger partial charge in [0.25, 0.3) is 5.56 Å². The summed E-state index contributed by atoms with van der Waals surface area (Å²) in [6.07, 6.45) is 1.63. The number of hydrogen-bond acceptors (Lipinski definition) is 6. The van der Waals surface area contributed by atoms with Gasteiger partial charge in [0.15, 0.2) is 6.61 Å². The van der Waals surface area contributed by atoms with Gasteiger partial charge in [-0.05, 0) is 37.3 Å². The average molecular weight is 357 g/mol. The van der Waals surface area contributed by atoms with E-state index in [1.54, 1.807) is 30.5 Å². The zero-order valence-corrected chi connectivity index (χ0v) is 14.2. The summed E-state index contributed by atoms with van der Waals surface area (Å²) in [5, 5.41) is 0. The van der Waals surface area contributed by atoms with Gasteiger partial charge in [0, 0.05) is 17.1 Å². The number of esters is 1. The number of carbonyl (C=O) groups excluding carboxylic acids is 2. The van der Waals surface area contributed by atoms with Gasteiger partial charge in [-0.15, -0.1) is 11.3 Å². The van der Waals surface area contributed by atoms with Gasteiger partial charge in [0.1, 0.15) is 5.76 Å². The van der Waals surface area contributed by atoms with E-state index in [4.69, 9.17) is 9.15 Å². The van der Waals surface area contributed by atoms with Crippen LogP contribution in [0.5, 0.6) is 0 Å². The number of ether oxygens (including phenoxy) is 1. The molecule has 0 bridgehead atoms. The second-order valence-electron chi connectivity index (χ2n) is 5.34. The third kappa shape index (κ3) is 4.13. The van der Waals surface area contributed by atoms with Crippen LogP contribution >= 0.6 is 11.3 Å². The van der Waals surface area contributed by atoms with Gasteiger partial charge in [-0.25, -0.2) is 4.79 Å². The second-order valence-corrected chi connectivity index (χ2v) is 6.63. The van der Waals surface area contributed by atoms with Gasteiger partial charge in [0.05, 0.1) is 11.4 Å². The lowest BCUT2D eigenvalue weighted by Crippen LogP contribution is -2.17. The minimum atomic E-state index is -0.715. The molecule has 0 saturated carbocycles. The molecule has 3 heterocycles. The Bertz CT molecular complexity index is 966. The molecule has 0 amide bonds. The monoisotopic (exact) mass is 357 g/mol. The van der Waals surface area contributed by atoms with Crippen LogP contribution in [0.4, 0.5) is 0 Å². The van der Waals surface area contributed by atoms with E-state index in [0.717, 1.165) is 4.88 Å². The lowest BCUT2D eigenvalue weighted by molar-refractivity contribution is 0.0443. The Labute approximate surface area is 147 Å². The summed E-state index contributed by atoms with van der Waals surface area (Å²) in [4.78, 5) is 37.2. The minimum Gasteiger partial charge on any atom is -0.452 e. The smallest absolute Gasteiger partial charge is 0.374 e. The fourth-order valence-electron chi connectivity index (χ4n) is 2.19. The van der Waals surface area contributed by atoms with E-state index in [1.165, 1.54) is 28.0 Å². The summed E-state index contributed by atoms with van der Waals surface area (Å²) in [6, 6.07) is 11.4. The molecule has 128 valence electrons. The molecule has 0 aliphatic heterocycles. The van der Waals surface area contributed by atoms with Crippen LogP contribution in [0.15, 0.2) is 57.9 Å². The predicted octanol–water partition coefficient (Wildman–Crippen LogP) is 2.90. The number of pyridine rings is 1. The molecule has 0 spiro atoms. The summed E-state index contributed by atoms with van der Waals surface area (Å²) in [7, 11) is 0. The number of rotatable bonds is 6. The molecule has 7 heteroatoms. The largest absolute Gasteiger partial charge is 0.452 e. The van der Waals surface area contributed by atoms with Crippen LogP contribution in [0.1, 0.15) is 30.9 Å². The first-order valence-electron chi connectivity index (χ1n) is 7.54. The van der Waals surface area contributed by atoms with E-state index < -0.39 is 5.97 Å². The van der Waals surface area contributed by atoms with Gasteiger partial charge >= 0.3 is 5.97 Å². The van der Waals surface area contributed by atoms with Crippen molar-refractivity contribution in [1.82, 2.24) is 4.57 Å². The molecule has 0 fully saturated rings. The van der Waals surface area contributed by atoms with Crippen LogP contribution in [0.25, 0.3) is 0 Å². The normalized spacial score (nSPS) is 10.6. The average Bonchev–Trinajstić information content (AvgIpc) is 3.24. The summed E-state index contributed by atoms with van der Waals surface area (Å²) in [6.45, 7) is 1.77. The maximum absolute atomic E-state index is 12.0. The van der Waals surface area contributed by atoms with E-state index in [2.05, 4.69) is 0 Å². The Balaban J connectivity index is 1.60. The number of ketones is 1. The zero-order valence-electron chi connectivity index (χ0n) is 13.4. The molecule has 0 aliphatic rings. The van der Waals surface area contributed by atoms with Gasteiger partial charge in [-0.3, -0.25) is 9.59 Å². The molecule has 0 atom stereocenters. The van der Waals surface area contributed by atoms with Crippen molar-refractivity contribution in [1.29, 1.82) is 0 Å². The SMILES string of the molecule is Cc1ccc(C(=O)COC(=O)c2ccc(Cn3ccccc3=O)o2)s1. The summed E-state index contributed by atoms with van der Waals surface area (Å²) in [5.41, 5.74) is -0.167. The molecule has 3 rings (SSSR count). The topological polar surface area (TPSA) is 78.5 Å². The third-order valence-corrected chi connectivity index (χ3v) is 4.48. The van der Waals surface area contributed by atoms with E-state index in [0.29, 0.717) is 10.6 Å². The molecule has 0 radical (unpaired) electrons. The number of hydrogen-bond donors (Lipinski definition) is 0. The van der Waals surface area contributed by atoms with Crippen molar-refractivity contribution in [2.24, 2.45) is 0 Å². The van der Waals surface area contributed by atoms with Gasteiger partial charge in [-0.2, -0.15) is 0 Å². The highest BCUT2D eigenvalue weighted by atomic mass is 32.1. The Hall–Kier alpha value is -2.93. The first-order chi connectivity index (χ1) is 12.0. The second kappa shape index (κ2) is 7.31. The van der Waals surface area contributed by atoms with Crippen LogP contribution in [-0.4, -0.2) is 22.9 Å². The number of Topliss-reactive ketones (excluding diaryl/α,β-unsaturated/α-hetero) is 1. The van der Waals surface area contributed by atoms with Crippen molar-refractivity contribution >= 4 is 23.1 Å². The van der Waals surface area contributed by atoms with Crippen molar-refractivity contribution in [2.75, 3.05) is 6.61 Å². The molecule has 0 unspecified atom stereocenters. The third-order valence-electron chi connectivity index (χ3n) is 3.44. The van der Waals surface area contributed by atoms with E-state index in [9.17, 15) is 14.4 Å². The molecular formula is C18H15NO5S. The summed E-state index contributed by atoms with van der Waals surface area (Å²) >= 11 is 1.35. The maximum atomic E-state index is 12.0. The number of carbonyl (C=O) groups is 2.